The van der Waals surface area contributed by atoms with Crippen molar-refractivity contribution >= 4 is 17.9 Å². The van der Waals surface area contributed by atoms with Gasteiger partial charge in [0.15, 0.2) is 25.0 Å². The van der Waals surface area contributed by atoms with Crippen molar-refractivity contribution < 1.29 is 81.4 Å². The first-order valence-electron chi connectivity index (χ1n) is 23.6. The lowest BCUT2D eigenvalue weighted by Crippen LogP contribution is -2.68. The van der Waals surface area contributed by atoms with E-state index in [9.17, 15) is 35.7 Å². The predicted octanol–water partition coefficient (Wildman–Crippen LogP) is 5.25. The Morgan fingerprint density at radius 2 is 1.10 bits per heavy atom. The number of aliphatic hydroxyl groups excluding tert-OH is 2. The van der Waals surface area contributed by atoms with E-state index in [1.807, 2.05) is 27.7 Å². The molecule has 0 aliphatic carbocycles. The van der Waals surface area contributed by atoms with Crippen molar-refractivity contribution in [2.75, 3.05) is 39.6 Å². The van der Waals surface area contributed by atoms with Gasteiger partial charge in [0.25, 0.3) is 0 Å². The van der Waals surface area contributed by atoms with E-state index in [1.165, 1.54) is 6.92 Å². The maximum Gasteiger partial charge on any atom is 0.338 e. The summed E-state index contributed by atoms with van der Waals surface area (Å²) in [6, 6.07) is 6.01. The summed E-state index contributed by atoms with van der Waals surface area (Å²) < 4.78 is 74.6. The molecule has 0 bridgehead atoms. The Labute approximate surface area is 396 Å². The number of aliphatic hydroxyl groups is 2. The number of unbranched alkanes of at least 4 members (excludes halogenated alkanes) is 4. The normalized spacial score (nSPS) is 31.4. The topological polar surface area (TPSA) is 300 Å². The molecular weight excluding hydrogens is 897 g/mol. The van der Waals surface area contributed by atoms with Crippen LogP contribution in [0.15, 0.2) is 40.6 Å². The molecule has 3 fully saturated rings. The van der Waals surface area contributed by atoms with Gasteiger partial charge in [-0.1, -0.05) is 93.9 Å². The Morgan fingerprint density at radius 3 is 1.65 bits per heavy atom. The molecule has 9 unspecified atom stereocenters. The number of benzene rings is 1. The molecule has 0 radical (unpaired) electrons. The van der Waals surface area contributed by atoms with E-state index in [-0.39, 0.29) is 39.6 Å². The largest absolute Gasteiger partial charge is 0.463 e. The van der Waals surface area contributed by atoms with E-state index in [4.69, 9.17) is 56.8 Å². The van der Waals surface area contributed by atoms with Crippen molar-refractivity contribution in [3.8, 4) is 0 Å². The Bertz CT molecular complexity index is 1760. The molecule has 382 valence electrons. The minimum absolute atomic E-state index is 0.110. The summed E-state index contributed by atoms with van der Waals surface area (Å²) in [5.74, 6) is -2.25. The first-order chi connectivity index (χ1) is 32.9. The highest BCUT2D eigenvalue weighted by molar-refractivity contribution is 5.76. The molecular formula is C45H70N6O17. The second-order valence-corrected chi connectivity index (χ2v) is 16.6. The number of carbonyl (C=O) groups is 3. The summed E-state index contributed by atoms with van der Waals surface area (Å²) in [5, 5.41) is 30.0. The summed E-state index contributed by atoms with van der Waals surface area (Å²) in [7, 11) is 0. The molecule has 23 heteroatoms. The number of rotatable bonds is 29. The number of carbonyl (C=O) groups excluding carboxylic acids is 3. The van der Waals surface area contributed by atoms with E-state index in [0.717, 1.165) is 19.8 Å². The second kappa shape index (κ2) is 30.4. The minimum Gasteiger partial charge on any atom is -0.463 e. The third-order valence-corrected chi connectivity index (χ3v) is 11.3. The molecule has 68 heavy (non-hydrogen) atoms. The third kappa shape index (κ3) is 16.8. The molecule has 23 nitrogen and oxygen atoms in total. The fourth-order valence-electron chi connectivity index (χ4n) is 7.72. The van der Waals surface area contributed by atoms with E-state index in [2.05, 4.69) is 20.1 Å². The predicted molar refractivity (Wildman–Crippen MR) is 238 cm³/mol. The van der Waals surface area contributed by atoms with Crippen molar-refractivity contribution in [1.29, 1.82) is 0 Å². The Morgan fingerprint density at radius 1 is 0.603 bits per heavy atom. The van der Waals surface area contributed by atoms with Crippen LogP contribution in [0.2, 0.25) is 0 Å². The molecule has 1 aromatic rings. The maximum absolute atomic E-state index is 14.7. The molecule has 3 aliphatic rings. The van der Waals surface area contributed by atoms with Crippen LogP contribution in [0.4, 0.5) is 0 Å². The molecule has 0 aromatic heterocycles. The van der Waals surface area contributed by atoms with Crippen LogP contribution in [0, 0.1) is 0 Å². The van der Waals surface area contributed by atoms with Gasteiger partial charge in [-0.2, -0.15) is 0 Å². The van der Waals surface area contributed by atoms with Crippen LogP contribution in [0.25, 0.3) is 20.9 Å². The molecule has 0 saturated carbocycles. The molecule has 2 N–H and O–H groups in total. The first kappa shape index (κ1) is 56.4. The van der Waals surface area contributed by atoms with Crippen molar-refractivity contribution in [1.82, 2.24) is 0 Å². The molecule has 0 spiro atoms. The van der Waals surface area contributed by atoms with E-state index < -0.39 is 117 Å². The smallest absolute Gasteiger partial charge is 0.338 e. The lowest BCUT2D eigenvalue weighted by atomic mass is 9.94. The number of ether oxygens (including phenoxy) is 12. The summed E-state index contributed by atoms with van der Waals surface area (Å²) in [4.78, 5) is 44.7. The summed E-state index contributed by atoms with van der Waals surface area (Å²) in [6.07, 6.45) is -13.0. The SMILES string of the molecule is CCCCOC1C(COC(C)=O)OC(OC2C(C(=O)OCc3ccccc3)OC(O[C@@H]3C(COC(C)=O)OC(O)[C@@H](N=[N+]=[N-])C3O)[C@@H](OCCCC)[C@H]2OCCCC)[C@@H](N=[N+]=[N-])[C@@H]1OCCCC. The number of azide groups is 2. The standard InChI is InChI=1S/C45H70N6O17/c1-7-11-20-57-36-31(26-62-28(6)53)65-44(33(49-51-47)37(36)58-21-12-8-2)67-39-38(59-22-13-9-3)41(60-23-14-10-4)45(68-40(39)43(56)63-24-29-18-16-15-17-19-29)66-35-30(25-61-27(5)52)64-42(55)32(34(35)54)48-50-46/h15-19,30-42,44-45,54-55H,7-14,20-26H2,1-6H3/t30?,31?,32-,33-,34?,35+,36?,37-,38-,39?,40?,41-,42?,44?,45?/m0/s1. The number of nitrogens with zero attached hydrogens (tertiary/aromatic N) is 6. The van der Waals surface area contributed by atoms with Crippen LogP contribution >= 0.6 is 0 Å². The highest BCUT2D eigenvalue weighted by Crippen LogP contribution is 2.38. The summed E-state index contributed by atoms with van der Waals surface area (Å²) in [5.41, 5.74) is 20.0. The van der Waals surface area contributed by atoms with Gasteiger partial charge in [0.1, 0.15) is 74.6 Å². The van der Waals surface area contributed by atoms with Crippen LogP contribution in [-0.2, 0) is 77.8 Å². The summed E-state index contributed by atoms with van der Waals surface area (Å²) in [6.45, 7) is 10.0. The van der Waals surface area contributed by atoms with Crippen LogP contribution in [-0.4, -0.2) is 160 Å². The number of esters is 3. The molecule has 0 amide bonds. The highest BCUT2D eigenvalue weighted by atomic mass is 16.8. The first-order valence-corrected chi connectivity index (χ1v) is 23.6. The van der Waals surface area contributed by atoms with Crippen molar-refractivity contribution in [2.24, 2.45) is 10.2 Å². The molecule has 3 heterocycles. The zero-order valence-corrected chi connectivity index (χ0v) is 39.9. The van der Waals surface area contributed by atoms with Gasteiger partial charge < -0.3 is 67.1 Å². The lowest BCUT2D eigenvalue weighted by Gasteiger charge is -2.50. The fraction of sp³-hybridized carbons (Fsp3) is 0.800. The van der Waals surface area contributed by atoms with Crippen LogP contribution in [0.3, 0.4) is 0 Å². The Balaban J connectivity index is 1.89. The van der Waals surface area contributed by atoms with Gasteiger partial charge >= 0.3 is 17.9 Å². The zero-order valence-electron chi connectivity index (χ0n) is 39.9. The average molecular weight is 967 g/mol. The zero-order chi connectivity index (χ0) is 49.4. The summed E-state index contributed by atoms with van der Waals surface area (Å²) >= 11 is 0. The monoisotopic (exact) mass is 966 g/mol. The molecule has 3 saturated heterocycles. The van der Waals surface area contributed by atoms with Gasteiger partial charge in [0.05, 0.1) is 12.2 Å². The maximum atomic E-state index is 14.7. The van der Waals surface area contributed by atoms with Crippen molar-refractivity contribution in [3.63, 3.8) is 0 Å². The van der Waals surface area contributed by atoms with Gasteiger partial charge in [-0.25, -0.2) is 4.79 Å². The fourth-order valence-corrected chi connectivity index (χ4v) is 7.72. The lowest BCUT2D eigenvalue weighted by molar-refractivity contribution is -0.369. The second-order valence-electron chi connectivity index (χ2n) is 16.6. The quantitative estimate of drug-likeness (QED) is 0.0259. The number of hydrogen-bond donors (Lipinski definition) is 2. The van der Waals surface area contributed by atoms with Gasteiger partial charge in [0.2, 0.25) is 0 Å². The molecule has 3 aliphatic heterocycles. The highest BCUT2D eigenvalue weighted by Gasteiger charge is 2.58. The molecule has 15 atom stereocenters. The van der Waals surface area contributed by atoms with Crippen molar-refractivity contribution in [3.05, 3.63) is 56.8 Å². The van der Waals surface area contributed by atoms with Crippen LogP contribution in [0.5, 0.6) is 0 Å². The van der Waals surface area contributed by atoms with E-state index >= 15 is 0 Å². The third-order valence-electron chi connectivity index (χ3n) is 11.3. The van der Waals surface area contributed by atoms with Gasteiger partial charge in [-0.3, -0.25) is 9.59 Å². The van der Waals surface area contributed by atoms with Crippen LogP contribution < -0.4 is 0 Å². The van der Waals surface area contributed by atoms with Gasteiger partial charge in [-0.05, 0) is 42.3 Å². The van der Waals surface area contributed by atoms with Gasteiger partial charge in [0, 0.05) is 50.1 Å². The number of hydrogen-bond acceptors (Lipinski definition) is 19. The molecule has 4 rings (SSSR count). The average Bonchev–Trinajstić information content (AvgIpc) is 3.32. The Kier molecular flexibility index (Phi) is 25.2. The molecule has 1 aromatic carbocycles. The van der Waals surface area contributed by atoms with E-state index in [0.29, 0.717) is 44.1 Å². The van der Waals surface area contributed by atoms with Gasteiger partial charge in [-0.15, -0.1) is 0 Å². The van der Waals surface area contributed by atoms with E-state index in [1.54, 1.807) is 30.3 Å². The Hall–Kier alpha value is -4.19. The van der Waals surface area contributed by atoms with Crippen LogP contribution in [0.1, 0.15) is 98.5 Å². The van der Waals surface area contributed by atoms with Crippen molar-refractivity contribution in [2.45, 2.75) is 192 Å². The minimum atomic E-state index is -1.83.